The zero-order chi connectivity index (χ0) is 36.0. The molecule has 4 atom stereocenters. The van der Waals surface area contributed by atoms with Gasteiger partial charge in [0, 0.05) is 42.0 Å². The van der Waals surface area contributed by atoms with E-state index in [1.54, 1.807) is 52.9 Å². The maximum Gasteiger partial charge on any atom is 0.350 e. The van der Waals surface area contributed by atoms with Crippen molar-refractivity contribution in [2.75, 3.05) is 36.5 Å². The SMILES string of the molecule is CC[C@H]([C@H](C)O)n1ncn(-c2ccc(NCCN(C=O)c3ccc(OC[C@H]4CO[C@](Cn5cncn5)(c5ccc(F)cc5F)C4)cc3)cc2)c1=O. The van der Waals surface area contributed by atoms with Gasteiger partial charge in [0.1, 0.15) is 42.0 Å². The summed E-state index contributed by atoms with van der Waals surface area (Å²) in [6.45, 7) is 5.21. The van der Waals surface area contributed by atoms with Crippen molar-refractivity contribution < 1.29 is 28.2 Å². The van der Waals surface area contributed by atoms with E-state index in [4.69, 9.17) is 9.47 Å². The minimum absolute atomic E-state index is 0.0774. The van der Waals surface area contributed by atoms with Crippen LogP contribution < -0.4 is 20.6 Å². The molecule has 13 nitrogen and oxygen atoms in total. The standard InChI is InChI=1S/C36H40F2N8O5/c1-3-34(25(2)48)46-35(49)45(23-42-46)30-7-5-28(6-8-30)40-14-15-43(24-47)29-9-11-31(12-10-29)50-18-26-17-36(51-19-26,20-44-22-39-21-41-44)32-13-4-27(37)16-33(32)38/h4-13,16,21-26,34,40,48H,3,14-15,17-20H2,1-2H3/t25-,26-,34+,36+/m0/s1. The Morgan fingerprint density at radius 3 is 2.57 bits per heavy atom. The van der Waals surface area contributed by atoms with Crippen molar-refractivity contribution in [2.24, 2.45) is 5.92 Å². The average Bonchev–Trinajstić information content (AvgIpc) is 3.88. The number of nitrogens with one attached hydrogen (secondary N) is 1. The lowest BCUT2D eigenvalue weighted by molar-refractivity contribution is -0.107. The molecule has 15 heteroatoms. The Kier molecular flexibility index (Phi) is 10.9. The fourth-order valence-electron chi connectivity index (χ4n) is 6.48. The smallest absolute Gasteiger partial charge is 0.350 e. The summed E-state index contributed by atoms with van der Waals surface area (Å²) < 4.78 is 45.2. The van der Waals surface area contributed by atoms with Gasteiger partial charge in [0.25, 0.3) is 0 Å². The number of aliphatic hydroxyl groups excluding tert-OH is 1. The molecule has 0 saturated carbocycles. The second kappa shape index (κ2) is 15.6. The third-order valence-electron chi connectivity index (χ3n) is 9.11. The molecular formula is C36H40F2N8O5. The van der Waals surface area contributed by atoms with Crippen LogP contribution in [0.4, 0.5) is 20.2 Å². The molecule has 0 bridgehead atoms. The summed E-state index contributed by atoms with van der Waals surface area (Å²) in [6, 6.07) is 17.5. The summed E-state index contributed by atoms with van der Waals surface area (Å²) in [5.74, 6) is -0.821. The van der Waals surface area contributed by atoms with E-state index in [2.05, 4.69) is 20.5 Å². The number of aromatic nitrogens is 6. The summed E-state index contributed by atoms with van der Waals surface area (Å²) in [5.41, 5.74) is 1.01. The first-order chi connectivity index (χ1) is 24.7. The second-order valence-electron chi connectivity index (χ2n) is 12.6. The van der Waals surface area contributed by atoms with Crippen LogP contribution in [0.15, 0.2) is 90.5 Å². The number of anilines is 2. The van der Waals surface area contributed by atoms with Crippen molar-refractivity contribution in [2.45, 2.75) is 51.0 Å². The highest BCUT2D eigenvalue weighted by molar-refractivity contribution is 5.75. The molecule has 5 aromatic rings. The maximum absolute atomic E-state index is 14.9. The summed E-state index contributed by atoms with van der Waals surface area (Å²) in [6.07, 6.45) is 5.42. The summed E-state index contributed by atoms with van der Waals surface area (Å²) in [7, 11) is 0. The fourth-order valence-corrected chi connectivity index (χ4v) is 6.48. The van der Waals surface area contributed by atoms with Crippen LogP contribution >= 0.6 is 0 Å². The highest BCUT2D eigenvalue weighted by atomic mass is 19.1. The fraction of sp³-hybridized carbons (Fsp3) is 0.361. The number of carbonyl (C=O) groups excluding carboxylic acids is 1. The third-order valence-corrected chi connectivity index (χ3v) is 9.11. The van der Waals surface area contributed by atoms with E-state index in [0.29, 0.717) is 56.3 Å². The molecule has 1 aliphatic rings. The highest BCUT2D eigenvalue weighted by Gasteiger charge is 2.44. The van der Waals surface area contributed by atoms with Crippen LogP contribution in [0.3, 0.4) is 0 Å². The van der Waals surface area contributed by atoms with Gasteiger partial charge in [0.2, 0.25) is 6.41 Å². The van der Waals surface area contributed by atoms with E-state index in [1.807, 2.05) is 19.1 Å². The molecule has 1 aliphatic heterocycles. The molecule has 1 fully saturated rings. The maximum atomic E-state index is 14.9. The Balaban J connectivity index is 1.01. The Hall–Kier alpha value is -5.41. The molecule has 51 heavy (non-hydrogen) atoms. The normalized spacial score (nSPS) is 18.3. The van der Waals surface area contributed by atoms with E-state index in [1.165, 1.54) is 40.4 Å². The molecule has 268 valence electrons. The second-order valence-corrected chi connectivity index (χ2v) is 12.6. The van der Waals surface area contributed by atoms with Crippen molar-refractivity contribution >= 4 is 17.8 Å². The lowest BCUT2D eigenvalue weighted by Crippen LogP contribution is -2.32. The predicted octanol–water partition coefficient (Wildman–Crippen LogP) is 4.32. The predicted molar refractivity (Wildman–Crippen MR) is 185 cm³/mol. The van der Waals surface area contributed by atoms with Crippen LogP contribution in [0, 0.1) is 17.6 Å². The van der Waals surface area contributed by atoms with E-state index in [-0.39, 0.29) is 23.7 Å². The van der Waals surface area contributed by atoms with Gasteiger partial charge in [-0.1, -0.05) is 13.0 Å². The number of hydrogen-bond donors (Lipinski definition) is 2. The molecule has 2 N–H and O–H groups in total. The lowest BCUT2D eigenvalue weighted by Gasteiger charge is -2.29. The number of halogens is 2. The molecule has 0 radical (unpaired) electrons. The lowest BCUT2D eigenvalue weighted by atomic mass is 9.87. The molecule has 3 aromatic carbocycles. The number of aliphatic hydroxyl groups is 1. The molecule has 3 heterocycles. The van der Waals surface area contributed by atoms with Crippen molar-refractivity contribution in [3.05, 3.63) is 113 Å². The zero-order valence-electron chi connectivity index (χ0n) is 28.3. The van der Waals surface area contributed by atoms with Gasteiger partial charge in [-0.2, -0.15) is 10.2 Å². The van der Waals surface area contributed by atoms with Crippen molar-refractivity contribution in [3.8, 4) is 11.4 Å². The number of carbonyl (C=O) groups is 1. The van der Waals surface area contributed by atoms with Crippen LogP contribution in [-0.2, 0) is 21.7 Å². The summed E-state index contributed by atoms with van der Waals surface area (Å²) >= 11 is 0. The molecule has 0 unspecified atom stereocenters. The number of ether oxygens (including phenoxy) is 2. The van der Waals surface area contributed by atoms with Crippen molar-refractivity contribution in [3.63, 3.8) is 0 Å². The molecular weight excluding hydrogens is 662 g/mol. The van der Waals surface area contributed by atoms with E-state index >= 15 is 0 Å². The van der Waals surface area contributed by atoms with Crippen molar-refractivity contribution in [1.82, 2.24) is 29.1 Å². The van der Waals surface area contributed by atoms with Gasteiger partial charge in [0.05, 0.1) is 37.6 Å². The quantitative estimate of drug-likeness (QED) is 0.144. The van der Waals surface area contributed by atoms with Gasteiger partial charge in [-0.25, -0.2) is 32.5 Å². The molecule has 2 aromatic heterocycles. The monoisotopic (exact) mass is 702 g/mol. The van der Waals surface area contributed by atoms with Gasteiger partial charge in [-0.05, 0) is 74.4 Å². The van der Waals surface area contributed by atoms with Gasteiger partial charge >= 0.3 is 5.69 Å². The first kappa shape index (κ1) is 35.4. The van der Waals surface area contributed by atoms with Gasteiger partial charge in [0.15, 0.2) is 0 Å². The van der Waals surface area contributed by atoms with Gasteiger partial charge in [-0.3, -0.25) is 4.79 Å². The summed E-state index contributed by atoms with van der Waals surface area (Å²) in [5, 5.41) is 21.6. The molecule has 6 rings (SSSR count). The number of amides is 1. The minimum atomic E-state index is -1.06. The van der Waals surface area contributed by atoms with Crippen LogP contribution in [-0.4, -0.2) is 73.0 Å². The molecule has 0 aliphatic carbocycles. The number of rotatable bonds is 16. The van der Waals surface area contributed by atoms with Gasteiger partial charge in [-0.15, -0.1) is 0 Å². The topological polar surface area (TPSA) is 142 Å². The van der Waals surface area contributed by atoms with E-state index < -0.39 is 29.4 Å². The van der Waals surface area contributed by atoms with Crippen LogP contribution in [0.2, 0.25) is 0 Å². The number of nitrogens with zero attached hydrogens (tertiary/aromatic N) is 7. The Morgan fingerprint density at radius 1 is 1.12 bits per heavy atom. The zero-order valence-corrected chi connectivity index (χ0v) is 28.3. The molecule has 1 saturated heterocycles. The van der Waals surface area contributed by atoms with Crippen LogP contribution in [0.1, 0.15) is 38.3 Å². The van der Waals surface area contributed by atoms with E-state index in [9.17, 15) is 23.5 Å². The Morgan fingerprint density at radius 2 is 1.90 bits per heavy atom. The molecule has 0 spiro atoms. The number of benzene rings is 3. The first-order valence-electron chi connectivity index (χ1n) is 16.7. The van der Waals surface area contributed by atoms with Crippen molar-refractivity contribution in [1.29, 1.82) is 0 Å². The van der Waals surface area contributed by atoms with E-state index in [0.717, 1.165) is 18.2 Å². The average molecular weight is 703 g/mol. The Bertz CT molecular complexity index is 1950. The highest BCUT2D eigenvalue weighted by Crippen LogP contribution is 2.42. The molecule has 1 amide bonds. The van der Waals surface area contributed by atoms with Gasteiger partial charge < -0.3 is 24.8 Å². The Labute approximate surface area is 293 Å². The first-order valence-corrected chi connectivity index (χ1v) is 16.7. The largest absolute Gasteiger partial charge is 0.493 e. The number of hydrogen-bond acceptors (Lipinski definition) is 9. The third kappa shape index (κ3) is 7.99. The van der Waals surface area contributed by atoms with Crippen LogP contribution in [0.5, 0.6) is 5.75 Å². The van der Waals surface area contributed by atoms with Crippen LogP contribution in [0.25, 0.3) is 5.69 Å². The minimum Gasteiger partial charge on any atom is -0.493 e. The summed E-state index contributed by atoms with van der Waals surface area (Å²) in [4.78, 5) is 30.4.